The van der Waals surface area contributed by atoms with Gasteiger partial charge in [0.15, 0.2) is 0 Å². The van der Waals surface area contributed by atoms with Gasteiger partial charge in [0.2, 0.25) is 0 Å². The fraction of sp³-hybridized carbons (Fsp3) is 0.350. The van der Waals surface area contributed by atoms with Crippen LogP contribution >= 0.6 is 0 Å². The number of aromatic nitrogens is 4. The Hall–Kier alpha value is -7.76. The Bertz CT molecular complexity index is 4420. The average Bonchev–Trinajstić information content (AvgIpc) is 2.00. The molecule has 5 nitrogen and oxygen atoms in total. The molecule has 0 amide bonds. The molecule has 0 atom stereocenters. The third-order valence-electron chi connectivity index (χ3n) is 17.7. The number of phenols is 1. The summed E-state index contributed by atoms with van der Waals surface area (Å²) >= 11 is 0. The van der Waals surface area contributed by atoms with Gasteiger partial charge >= 0.3 is 0 Å². The van der Waals surface area contributed by atoms with E-state index >= 15 is 0 Å². The van der Waals surface area contributed by atoms with Gasteiger partial charge < -0.3 is 9.67 Å². The van der Waals surface area contributed by atoms with Crippen LogP contribution in [0.3, 0.4) is 0 Å². The van der Waals surface area contributed by atoms with Gasteiger partial charge in [-0.15, -0.1) is 0 Å². The molecule has 11 aromatic rings. The maximum absolute atomic E-state index is 12.7. The topological polar surface area (TPSA) is 55.9 Å². The van der Waals surface area contributed by atoms with Crippen molar-refractivity contribution in [3.63, 3.8) is 0 Å². The molecule has 85 heavy (non-hydrogen) atoms. The molecule has 3 aromatic heterocycles. The van der Waals surface area contributed by atoms with Gasteiger partial charge in [-0.1, -0.05) is 230 Å². The van der Waals surface area contributed by atoms with Gasteiger partial charge in [-0.2, -0.15) is 0 Å². The summed E-state index contributed by atoms with van der Waals surface area (Å²) in [5.74, 6) is 0.977. The molecule has 436 valence electrons. The van der Waals surface area contributed by atoms with Gasteiger partial charge in [0.05, 0.1) is 39.0 Å². The zero-order chi connectivity index (χ0) is 61.5. The standard InChI is InChI=1S/C80H90N4O/c1-74(2,3)52-33-32-48-37-54(76(7,8)9)47-69(63(48)44-52)84-67-30-23-22-26-61(67)62-29-24-28-60(71(62)84)49-34-35-81-66(40-49)51-36-50(38-53(39-51)75(4,5)6)59-27-25-31-68-70(59)82-73(64-45-57(79(16,17)18)46-65(72(64)85)80(19,20)21)83(68)58-42-55(77(10,11)12)41-56(43-58)78(13,14)15/h22-47,85H,1-21H3. The molecule has 8 aromatic carbocycles. The van der Waals surface area contributed by atoms with Crippen LogP contribution in [0.2, 0.25) is 0 Å². The number of benzene rings is 8. The van der Waals surface area contributed by atoms with E-state index in [9.17, 15) is 5.11 Å². The molecule has 0 aliphatic carbocycles. The summed E-state index contributed by atoms with van der Waals surface area (Å²) in [4.78, 5) is 11.0. The molecule has 0 saturated carbocycles. The quantitative estimate of drug-likeness (QED) is 0.181. The van der Waals surface area contributed by atoms with Crippen LogP contribution in [0.1, 0.15) is 184 Å². The number of nitrogens with zero attached hydrogens (tertiary/aromatic N) is 4. The second-order valence-corrected chi connectivity index (χ2v) is 31.6. The number of hydrogen-bond acceptors (Lipinski definition) is 3. The lowest BCUT2D eigenvalue weighted by Crippen LogP contribution is -2.18. The number of hydrogen-bond donors (Lipinski definition) is 1. The van der Waals surface area contributed by atoms with E-state index < -0.39 is 0 Å². The van der Waals surface area contributed by atoms with Crippen molar-refractivity contribution in [3.05, 3.63) is 197 Å². The van der Waals surface area contributed by atoms with E-state index in [2.05, 4.69) is 306 Å². The first kappa shape index (κ1) is 59.0. The Labute approximate surface area is 507 Å². The van der Waals surface area contributed by atoms with Crippen LogP contribution < -0.4 is 0 Å². The first-order valence-electron chi connectivity index (χ1n) is 30.8. The summed E-state index contributed by atoms with van der Waals surface area (Å²) in [6, 6.07) is 57.2. The number of rotatable bonds is 6. The summed E-state index contributed by atoms with van der Waals surface area (Å²) in [5, 5.41) is 17.7. The van der Waals surface area contributed by atoms with Crippen molar-refractivity contribution < 1.29 is 5.11 Å². The van der Waals surface area contributed by atoms with Crippen molar-refractivity contribution in [2.24, 2.45) is 0 Å². The van der Waals surface area contributed by atoms with Gasteiger partial charge in [-0.3, -0.25) is 9.55 Å². The summed E-state index contributed by atoms with van der Waals surface area (Å²) < 4.78 is 4.87. The van der Waals surface area contributed by atoms with E-state index in [0.717, 1.165) is 66.9 Å². The first-order chi connectivity index (χ1) is 39.5. The summed E-state index contributed by atoms with van der Waals surface area (Å²) in [5.41, 5.74) is 20.6. The largest absolute Gasteiger partial charge is 0.507 e. The number of fused-ring (bicyclic) bond motifs is 5. The van der Waals surface area contributed by atoms with Crippen molar-refractivity contribution in [1.29, 1.82) is 0 Å². The van der Waals surface area contributed by atoms with Crippen LogP contribution in [0.15, 0.2) is 158 Å². The number of pyridine rings is 1. The second-order valence-electron chi connectivity index (χ2n) is 31.6. The average molecular weight is 1120 g/mol. The van der Waals surface area contributed by atoms with Crippen LogP contribution in [-0.2, 0) is 37.9 Å². The summed E-state index contributed by atoms with van der Waals surface area (Å²) in [6.07, 6.45) is 1.99. The highest BCUT2D eigenvalue weighted by Gasteiger charge is 2.31. The molecule has 0 aliphatic rings. The van der Waals surface area contributed by atoms with Crippen molar-refractivity contribution in [1.82, 2.24) is 19.1 Å². The third kappa shape index (κ3) is 10.9. The van der Waals surface area contributed by atoms with Crippen LogP contribution in [0, 0.1) is 0 Å². The van der Waals surface area contributed by atoms with E-state index in [-0.39, 0.29) is 43.7 Å². The normalized spacial score (nSPS) is 13.3. The van der Waals surface area contributed by atoms with Crippen molar-refractivity contribution in [2.45, 2.75) is 183 Å². The van der Waals surface area contributed by atoms with Gasteiger partial charge in [0.25, 0.3) is 0 Å². The van der Waals surface area contributed by atoms with E-state index in [1.807, 2.05) is 6.20 Å². The monoisotopic (exact) mass is 1120 g/mol. The van der Waals surface area contributed by atoms with Gasteiger partial charge in [0, 0.05) is 50.3 Å². The fourth-order valence-electron chi connectivity index (χ4n) is 12.2. The predicted octanol–water partition coefficient (Wildman–Crippen LogP) is 22.1. The Kier molecular flexibility index (Phi) is 14.0. The van der Waals surface area contributed by atoms with Crippen LogP contribution in [0.5, 0.6) is 5.75 Å². The summed E-state index contributed by atoms with van der Waals surface area (Å²) in [7, 11) is 0. The van der Waals surface area contributed by atoms with Crippen LogP contribution in [-0.4, -0.2) is 24.2 Å². The maximum atomic E-state index is 12.7. The molecular weight excluding hydrogens is 1030 g/mol. The van der Waals surface area contributed by atoms with Crippen molar-refractivity contribution in [3.8, 4) is 62.0 Å². The van der Waals surface area contributed by atoms with E-state index in [4.69, 9.17) is 9.97 Å². The third-order valence-corrected chi connectivity index (χ3v) is 17.7. The minimum absolute atomic E-state index is 0.0248. The highest BCUT2D eigenvalue weighted by molar-refractivity contribution is 6.15. The minimum atomic E-state index is -0.336. The molecule has 0 unspecified atom stereocenters. The number of imidazole rings is 1. The smallest absolute Gasteiger partial charge is 0.149 e. The van der Waals surface area contributed by atoms with Gasteiger partial charge in [-0.05, 0) is 155 Å². The molecule has 3 heterocycles. The van der Waals surface area contributed by atoms with Crippen molar-refractivity contribution in [2.75, 3.05) is 0 Å². The highest BCUT2D eigenvalue weighted by Crippen LogP contribution is 2.47. The molecule has 0 bridgehead atoms. The Balaban J connectivity index is 1.16. The molecule has 5 heteroatoms. The SMILES string of the molecule is CC(C)(C)c1cc(-c2cc(-c3cccc4c5ccccc5n(-c5cc(C(C)(C)C)cc6ccc(C(C)(C)C)cc56)c34)ccn2)cc(-c2cccc3c2nc(-c2cc(C(C)(C)C)cc(C(C)(C)C)c2O)n3-c2cc(C(C)(C)C)cc(C(C)(C)C)c2)c1. The second kappa shape index (κ2) is 20.2. The Morgan fingerprint density at radius 3 is 1.55 bits per heavy atom. The molecule has 0 fully saturated rings. The lowest BCUT2D eigenvalue weighted by atomic mass is 9.78. The van der Waals surface area contributed by atoms with Crippen LogP contribution in [0.4, 0.5) is 0 Å². The van der Waals surface area contributed by atoms with Crippen LogP contribution in [0.25, 0.3) is 99.9 Å². The molecule has 1 N–H and O–H groups in total. The predicted molar refractivity (Wildman–Crippen MR) is 365 cm³/mol. The fourth-order valence-corrected chi connectivity index (χ4v) is 12.2. The minimum Gasteiger partial charge on any atom is -0.507 e. The number of para-hydroxylation sites is 3. The molecule has 0 saturated heterocycles. The highest BCUT2D eigenvalue weighted by atomic mass is 16.3. The summed E-state index contributed by atoms with van der Waals surface area (Å²) in [6.45, 7) is 47.8. The number of phenolic OH excluding ortho intramolecular Hbond substituents is 1. The van der Waals surface area contributed by atoms with Gasteiger partial charge in [0.1, 0.15) is 11.6 Å². The maximum Gasteiger partial charge on any atom is 0.149 e. The zero-order valence-corrected chi connectivity index (χ0v) is 54.7. The van der Waals surface area contributed by atoms with Crippen molar-refractivity contribution >= 4 is 43.6 Å². The molecule has 0 radical (unpaired) electrons. The Morgan fingerprint density at radius 1 is 0.365 bits per heavy atom. The molecule has 0 spiro atoms. The zero-order valence-electron chi connectivity index (χ0n) is 54.7. The lowest BCUT2D eigenvalue weighted by molar-refractivity contribution is 0.446. The molecule has 0 aliphatic heterocycles. The van der Waals surface area contributed by atoms with E-state index in [0.29, 0.717) is 5.82 Å². The van der Waals surface area contributed by atoms with E-state index in [1.165, 1.54) is 66.1 Å². The van der Waals surface area contributed by atoms with E-state index in [1.54, 1.807) is 0 Å². The Morgan fingerprint density at radius 2 is 0.918 bits per heavy atom. The first-order valence-corrected chi connectivity index (χ1v) is 30.8. The lowest BCUT2D eigenvalue weighted by Gasteiger charge is -2.28. The molecule has 11 rings (SSSR count). The molecular formula is C80H90N4O. The van der Waals surface area contributed by atoms with Gasteiger partial charge in [-0.25, -0.2) is 4.98 Å². The number of aromatic hydroxyl groups is 1.